The largest absolute Gasteiger partial charge is 0.492 e. The summed E-state index contributed by atoms with van der Waals surface area (Å²) in [5.74, 6) is 1.53. The number of benzene rings is 2. The molecule has 1 unspecified atom stereocenters. The van der Waals surface area contributed by atoms with Crippen LogP contribution >= 0.6 is 0 Å². The van der Waals surface area contributed by atoms with Gasteiger partial charge >= 0.3 is 0 Å². The SMILES string of the molecule is CC(NC(=O)c1ccc2c(c1)C(C)(C)CO2)c1noc(-c2ccccc2)n1. The fourth-order valence-corrected chi connectivity index (χ4v) is 3.12. The predicted molar refractivity (Wildman–Crippen MR) is 101 cm³/mol. The maximum atomic E-state index is 12.7. The number of amides is 1. The highest BCUT2D eigenvalue weighted by atomic mass is 16.5. The Bertz CT molecular complexity index is 979. The highest BCUT2D eigenvalue weighted by molar-refractivity contribution is 5.95. The molecule has 6 heteroatoms. The number of fused-ring (bicyclic) bond motifs is 1. The number of carbonyl (C=O) groups excluding carboxylic acids is 1. The number of nitrogens with zero attached hydrogens (tertiary/aromatic N) is 2. The lowest BCUT2D eigenvalue weighted by Gasteiger charge is -2.16. The minimum atomic E-state index is -0.378. The molecule has 4 rings (SSSR count). The first-order valence-electron chi connectivity index (χ1n) is 8.91. The molecule has 0 bridgehead atoms. The van der Waals surface area contributed by atoms with E-state index in [1.165, 1.54) is 0 Å². The number of hydrogen-bond acceptors (Lipinski definition) is 5. The predicted octanol–water partition coefficient (Wildman–Crippen LogP) is 3.90. The number of nitrogens with one attached hydrogen (secondary N) is 1. The van der Waals surface area contributed by atoms with Crippen LogP contribution in [-0.2, 0) is 5.41 Å². The molecule has 1 aliphatic rings. The Morgan fingerprint density at radius 1 is 1.19 bits per heavy atom. The van der Waals surface area contributed by atoms with Crippen molar-refractivity contribution in [3.05, 3.63) is 65.5 Å². The number of rotatable bonds is 4. The number of ether oxygens (including phenoxy) is 1. The molecular weight excluding hydrogens is 342 g/mol. The third-order valence-corrected chi connectivity index (χ3v) is 4.76. The fraction of sp³-hybridized carbons (Fsp3) is 0.286. The van der Waals surface area contributed by atoms with Crippen LogP contribution in [-0.4, -0.2) is 22.7 Å². The van der Waals surface area contributed by atoms with Gasteiger partial charge in [-0.25, -0.2) is 0 Å². The van der Waals surface area contributed by atoms with E-state index in [9.17, 15) is 4.79 Å². The third-order valence-electron chi connectivity index (χ3n) is 4.76. The van der Waals surface area contributed by atoms with Crippen molar-refractivity contribution < 1.29 is 14.1 Å². The highest BCUT2D eigenvalue weighted by Crippen LogP contribution is 2.38. The van der Waals surface area contributed by atoms with Gasteiger partial charge in [-0.2, -0.15) is 4.98 Å². The Morgan fingerprint density at radius 2 is 1.96 bits per heavy atom. The second kappa shape index (κ2) is 6.54. The molecule has 0 spiro atoms. The Labute approximate surface area is 157 Å². The van der Waals surface area contributed by atoms with Crippen LogP contribution in [0.25, 0.3) is 11.5 Å². The topological polar surface area (TPSA) is 77.2 Å². The van der Waals surface area contributed by atoms with Gasteiger partial charge in [0.1, 0.15) is 5.75 Å². The molecule has 0 saturated carbocycles. The van der Waals surface area contributed by atoms with E-state index >= 15 is 0 Å². The molecule has 6 nitrogen and oxygen atoms in total. The second-order valence-electron chi connectivity index (χ2n) is 7.40. The Balaban J connectivity index is 1.50. The van der Waals surface area contributed by atoms with E-state index in [0.29, 0.717) is 23.9 Å². The fourth-order valence-electron chi connectivity index (χ4n) is 3.12. The summed E-state index contributed by atoms with van der Waals surface area (Å²) in [6.07, 6.45) is 0. The molecule has 3 aromatic rings. The molecular formula is C21H21N3O3. The molecule has 0 radical (unpaired) electrons. The van der Waals surface area contributed by atoms with Crippen LogP contribution in [0.2, 0.25) is 0 Å². The molecule has 1 aliphatic heterocycles. The normalized spacial score (nSPS) is 15.7. The van der Waals surface area contributed by atoms with Crippen LogP contribution in [0.3, 0.4) is 0 Å². The van der Waals surface area contributed by atoms with E-state index in [-0.39, 0.29) is 17.4 Å². The van der Waals surface area contributed by atoms with Crippen molar-refractivity contribution in [1.29, 1.82) is 0 Å². The Kier molecular flexibility index (Phi) is 4.18. The van der Waals surface area contributed by atoms with Crippen LogP contribution in [0.1, 0.15) is 48.6 Å². The standard InChI is InChI=1S/C21H21N3O3/c1-13(18-23-20(27-24-18)14-7-5-4-6-8-14)22-19(25)15-9-10-17-16(11-15)21(2,3)12-26-17/h4-11,13H,12H2,1-3H3,(H,22,25). The van der Waals surface area contributed by atoms with E-state index < -0.39 is 0 Å². The molecule has 138 valence electrons. The number of carbonyl (C=O) groups is 1. The summed E-state index contributed by atoms with van der Waals surface area (Å²) in [6, 6.07) is 14.7. The van der Waals surface area contributed by atoms with Gasteiger partial charge in [0, 0.05) is 22.1 Å². The van der Waals surface area contributed by atoms with Crippen LogP contribution in [0.15, 0.2) is 53.1 Å². The van der Waals surface area contributed by atoms with Gasteiger partial charge in [-0.05, 0) is 37.3 Å². The van der Waals surface area contributed by atoms with Crippen molar-refractivity contribution in [3.8, 4) is 17.2 Å². The highest BCUT2D eigenvalue weighted by Gasteiger charge is 2.32. The van der Waals surface area contributed by atoms with Gasteiger partial charge in [-0.1, -0.05) is 37.2 Å². The summed E-state index contributed by atoms with van der Waals surface area (Å²) in [5.41, 5.74) is 2.38. The van der Waals surface area contributed by atoms with Crippen LogP contribution in [0.5, 0.6) is 5.75 Å². The molecule has 0 fully saturated rings. The monoisotopic (exact) mass is 363 g/mol. The van der Waals surface area contributed by atoms with E-state index in [4.69, 9.17) is 9.26 Å². The summed E-state index contributed by atoms with van der Waals surface area (Å²) in [7, 11) is 0. The summed E-state index contributed by atoms with van der Waals surface area (Å²) in [5, 5.41) is 6.93. The molecule has 1 atom stereocenters. The Morgan fingerprint density at radius 3 is 2.74 bits per heavy atom. The van der Waals surface area contributed by atoms with Crippen LogP contribution < -0.4 is 10.1 Å². The first kappa shape index (κ1) is 17.3. The van der Waals surface area contributed by atoms with Gasteiger partial charge in [0.25, 0.3) is 11.8 Å². The van der Waals surface area contributed by atoms with Crippen LogP contribution in [0.4, 0.5) is 0 Å². The van der Waals surface area contributed by atoms with E-state index in [2.05, 4.69) is 29.3 Å². The summed E-state index contributed by atoms with van der Waals surface area (Å²) in [4.78, 5) is 17.1. The van der Waals surface area contributed by atoms with Gasteiger partial charge in [-0.15, -0.1) is 0 Å². The maximum Gasteiger partial charge on any atom is 0.257 e. The molecule has 27 heavy (non-hydrogen) atoms. The number of aromatic nitrogens is 2. The second-order valence-corrected chi connectivity index (χ2v) is 7.40. The van der Waals surface area contributed by atoms with Gasteiger partial charge in [0.2, 0.25) is 0 Å². The zero-order valence-corrected chi connectivity index (χ0v) is 15.5. The number of hydrogen-bond donors (Lipinski definition) is 1. The smallest absolute Gasteiger partial charge is 0.257 e. The lowest BCUT2D eigenvalue weighted by atomic mass is 9.86. The van der Waals surface area contributed by atoms with Crippen molar-refractivity contribution in [2.24, 2.45) is 0 Å². The molecule has 1 amide bonds. The molecule has 0 saturated heterocycles. The summed E-state index contributed by atoms with van der Waals surface area (Å²) < 4.78 is 11.0. The van der Waals surface area contributed by atoms with E-state index in [1.54, 1.807) is 6.07 Å². The van der Waals surface area contributed by atoms with E-state index in [1.807, 2.05) is 49.4 Å². The van der Waals surface area contributed by atoms with Crippen molar-refractivity contribution in [2.45, 2.75) is 32.2 Å². The van der Waals surface area contributed by atoms with Crippen molar-refractivity contribution >= 4 is 5.91 Å². The molecule has 1 N–H and O–H groups in total. The average molecular weight is 363 g/mol. The van der Waals surface area contributed by atoms with Gasteiger partial charge < -0.3 is 14.6 Å². The van der Waals surface area contributed by atoms with E-state index in [0.717, 1.165) is 16.9 Å². The first-order valence-corrected chi connectivity index (χ1v) is 8.91. The molecule has 2 aromatic carbocycles. The lowest BCUT2D eigenvalue weighted by molar-refractivity contribution is 0.0937. The van der Waals surface area contributed by atoms with Crippen molar-refractivity contribution in [2.75, 3.05) is 6.61 Å². The average Bonchev–Trinajstić information content (AvgIpc) is 3.27. The van der Waals surface area contributed by atoms with Crippen molar-refractivity contribution in [3.63, 3.8) is 0 Å². The molecule has 2 heterocycles. The molecule has 1 aromatic heterocycles. The summed E-state index contributed by atoms with van der Waals surface area (Å²) in [6.45, 7) is 6.66. The van der Waals surface area contributed by atoms with Crippen molar-refractivity contribution in [1.82, 2.24) is 15.5 Å². The zero-order valence-electron chi connectivity index (χ0n) is 15.5. The van der Waals surface area contributed by atoms with Gasteiger partial charge in [0.15, 0.2) is 5.82 Å². The summed E-state index contributed by atoms with van der Waals surface area (Å²) >= 11 is 0. The lowest BCUT2D eigenvalue weighted by Crippen LogP contribution is -2.27. The van der Waals surface area contributed by atoms with Gasteiger partial charge in [-0.3, -0.25) is 4.79 Å². The minimum absolute atomic E-state index is 0.102. The zero-order chi connectivity index (χ0) is 19.0. The van der Waals surface area contributed by atoms with Crippen LogP contribution in [0, 0.1) is 0 Å². The maximum absolute atomic E-state index is 12.7. The first-order chi connectivity index (χ1) is 12.9. The molecule has 0 aliphatic carbocycles. The minimum Gasteiger partial charge on any atom is -0.492 e. The Hall–Kier alpha value is -3.15. The van der Waals surface area contributed by atoms with Gasteiger partial charge in [0.05, 0.1) is 12.6 Å². The third kappa shape index (κ3) is 3.30. The quantitative estimate of drug-likeness (QED) is 0.761.